The number of hydrogen-bond acceptors (Lipinski definition) is 5. The van der Waals surface area contributed by atoms with Gasteiger partial charge in [0.25, 0.3) is 5.91 Å². The summed E-state index contributed by atoms with van der Waals surface area (Å²) < 4.78 is 5.91. The van der Waals surface area contributed by atoms with Crippen molar-refractivity contribution >= 4 is 39.3 Å². The van der Waals surface area contributed by atoms with E-state index in [-0.39, 0.29) is 23.4 Å². The van der Waals surface area contributed by atoms with Crippen LogP contribution in [0.25, 0.3) is 5.76 Å². The molecule has 1 amide bonds. The van der Waals surface area contributed by atoms with Gasteiger partial charge in [-0.15, -0.1) is 0 Å². The molecule has 1 atom stereocenters. The predicted molar refractivity (Wildman–Crippen MR) is 124 cm³/mol. The Morgan fingerprint density at radius 2 is 1.85 bits per heavy atom. The Kier molecular flexibility index (Phi) is 7.44. The Balaban J connectivity index is 2.19. The summed E-state index contributed by atoms with van der Waals surface area (Å²) in [6.07, 6.45) is 0. The van der Waals surface area contributed by atoms with Crippen LogP contribution in [-0.2, 0) is 14.3 Å². The number of quaternary nitrogens is 1. The summed E-state index contributed by atoms with van der Waals surface area (Å²) in [4.78, 5) is 43.9. The lowest BCUT2D eigenvalue weighted by Gasteiger charge is -2.28. The number of ether oxygens (including phenoxy) is 1. The van der Waals surface area contributed by atoms with E-state index in [1.54, 1.807) is 32.9 Å². The van der Waals surface area contributed by atoms with Crippen LogP contribution in [-0.4, -0.2) is 61.3 Å². The number of halogens is 1. The van der Waals surface area contributed by atoms with Crippen LogP contribution < -0.4 is 10.0 Å². The number of amides is 1. The van der Waals surface area contributed by atoms with Crippen LogP contribution in [0.4, 0.5) is 0 Å². The van der Waals surface area contributed by atoms with Gasteiger partial charge in [0.05, 0.1) is 39.8 Å². The molecule has 1 fully saturated rings. The van der Waals surface area contributed by atoms with Crippen molar-refractivity contribution in [2.24, 2.45) is 0 Å². The number of aryl methyl sites for hydroxylation is 1. The molecule has 0 saturated carbocycles. The molecular formula is C24H28BrN3O5. The highest BCUT2D eigenvalue weighted by Crippen LogP contribution is 2.40. The molecule has 0 radical (unpaired) electrons. The number of H-pyrrole nitrogens is 1. The Labute approximate surface area is 201 Å². The van der Waals surface area contributed by atoms with Gasteiger partial charge in [-0.2, -0.15) is 0 Å². The zero-order valence-electron chi connectivity index (χ0n) is 19.4. The lowest BCUT2D eigenvalue weighted by molar-refractivity contribution is -0.857. The summed E-state index contributed by atoms with van der Waals surface area (Å²) in [6, 6.07) is 6.41. The Hall–Kier alpha value is -2.91. The predicted octanol–water partition coefficient (Wildman–Crippen LogP) is 0.939. The average molecular weight is 518 g/mol. The van der Waals surface area contributed by atoms with Gasteiger partial charge in [0.2, 0.25) is 5.78 Å². The van der Waals surface area contributed by atoms with Gasteiger partial charge in [0, 0.05) is 15.7 Å². The molecule has 2 aromatic rings. The molecule has 0 spiro atoms. The van der Waals surface area contributed by atoms with Gasteiger partial charge in [0.1, 0.15) is 5.69 Å². The largest absolute Gasteiger partial charge is 0.872 e. The van der Waals surface area contributed by atoms with Crippen molar-refractivity contribution in [3.63, 3.8) is 0 Å². The number of aromatic amines is 1. The molecule has 176 valence electrons. The SMILES string of the molecule is CCOC(=O)c1[nH]c(C)c(/C([O-])=C2\C(=O)C(=O)N(CC[NH+](C)C)C2c2ccc(Br)cc2)c1C. The molecule has 1 aliphatic heterocycles. The van der Waals surface area contributed by atoms with E-state index in [9.17, 15) is 19.5 Å². The number of nitrogens with one attached hydrogen (secondary N) is 2. The maximum absolute atomic E-state index is 13.7. The summed E-state index contributed by atoms with van der Waals surface area (Å²) in [5.74, 6) is -2.62. The molecule has 1 aliphatic rings. The van der Waals surface area contributed by atoms with E-state index in [0.717, 1.165) is 9.37 Å². The van der Waals surface area contributed by atoms with Crippen molar-refractivity contribution in [1.29, 1.82) is 0 Å². The van der Waals surface area contributed by atoms with Crippen LogP contribution in [0.2, 0.25) is 0 Å². The van der Waals surface area contributed by atoms with E-state index in [4.69, 9.17) is 4.74 Å². The van der Waals surface area contributed by atoms with Gasteiger partial charge < -0.3 is 24.6 Å². The highest BCUT2D eigenvalue weighted by molar-refractivity contribution is 9.10. The number of rotatable bonds is 7. The third kappa shape index (κ3) is 4.74. The van der Waals surface area contributed by atoms with E-state index in [0.29, 0.717) is 29.9 Å². The molecule has 1 unspecified atom stereocenters. The molecular weight excluding hydrogens is 490 g/mol. The van der Waals surface area contributed by atoms with Crippen molar-refractivity contribution in [3.8, 4) is 0 Å². The molecule has 1 aromatic carbocycles. The molecule has 0 aliphatic carbocycles. The fourth-order valence-corrected chi connectivity index (χ4v) is 4.33. The minimum atomic E-state index is -0.806. The molecule has 3 rings (SSSR count). The van der Waals surface area contributed by atoms with Gasteiger partial charge in [-0.05, 0) is 49.6 Å². The third-order valence-electron chi connectivity index (χ3n) is 5.71. The number of carbonyl (C=O) groups is 3. The lowest BCUT2D eigenvalue weighted by Crippen LogP contribution is -3.06. The topological polar surface area (TPSA) is 107 Å². The molecule has 0 bridgehead atoms. The zero-order valence-corrected chi connectivity index (χ0v) is 21.0. The molecule has 1 aromatic heterocycles. The summed E-state index contributed by atoms with van der Waals surface area (Å²) in [5, 5.41) is 13.7. The van der Waals surface area contributed by atoms with Crippen molar-refractivity contribution in [3.05, 3.63) is 62.4 Å². The van der Waals surface area contributed by atoms with Gasteiger partial charge in [-0.3, -0.25) is 9.59 Å². The number of hydrogen-bond donors (Lipinski definition) is 2. The number of Topliss-reactive ketones (excluding diaryl/α,β-unsaturated/α-hetero) is 1. The van der Waals surface area contributed by atoms with Crippen LogP contribution in [0.3, 0.4) is 0 Å². The molecule has 2 N–H and O–H groups in total. The first-order valence-corrected chi connectivity index (χ1v) is 11.5. The zero-order chi connectivity index (χ0) is 24.4. The standard InChI is InChI=1S/C24H28BrN3O5/c1-6-33-24(32)19-13(2)17(14(3)26-19)21(29)18-20(15-7-9-16(25)10-8-15)28(12-11-27(4)5)23(31)22(18)30/h7-10,20,26,29H,6,11-12H2,1-5H3/b21-18+. The highest BCUT2D eigenvalue weighted by atomic mass is 79.9. The van der Waals surface area contributed by atoms with E-state index in [1.807, 2.05) is 26.2 Å². The maximum Gasteiger partial charge on any atom is 0.355 e. The van der Waals surface area contributed by atoms with Gasteiger partial charge in [-0.25, -0.2) is 4.79 Å². The summed E-state index contributed by atoms with van der Waals surface area (Å²) >= 11 is 3.40. The van der Waals surface area contributed by atoms with E-state index in [1.165, 1.54) is 4.90 Å². The number of nitrogens with zero attached hydrogens (tertiary/aromatic N) is 1. The number of benzene rings is 1. The smallest absolute Gasteiger partial charge is 0.355 e. The highest BCUT2D eigenvalue weighted by Gasteiger charge is 2.44. The van der Waals surface area contributed by atoms with Crippen LogP contribution >= 0.6 is 15.9 Å². The van der Waals surface area contributed by atoms with Crippen LogP contribution in [0.1, 0.15) is 45.8 Å². The number of likely N-dealkylation sites (tertiary alicyclic amines) is 1. The number of aromatic nitrogens is 1. The molecule has 8 nitrogen and oxygen atoms in total. The van der Waals surface area contributed by atoms with Crippen LogP contribution in [0.15, 0.2) is 34.3 Å². The van der Waals surface area contributed by atoms with Crippen molar-refractivity contribution in [2.75, 3.05) is 33.8 Å². The van der Waals surface area contributed by atoms with Crippen LogP contribution in [0.5, 0.6) is 0 Å². The van der Waals surface area contributed by atoms with Gasteiger partial charge in [-0.1, -0.05) is 33.8 Å². The molecule has 9 heteroatoms. The molecule has 1 saturated heterocycles. The van der Waals surface area contributed by atoms with E-state index < -0.39 is 29.5 Å². The Bertz CT molecular complexity index is 1120. The Morgan fingerprint density at radius 1 is 1.21 bits per heavy atom. The maximum atomic E-state index is 13.7. The fourth-order valence-electron chi connectivity index (χ4n) is 4.07. The van der Waals surface area contributed by atoms with Crippen LogP contribution in [0, 0.1) is 13.8 Å². The first-order valence-electron chi connectivity index (χ1n) is 10.8. The van der Waals surface area contributed by atoms with Gasteiger partial charge >= 0.3 is 5.97 Å². The van der Waals surface area contributed by atoms with Crippen molar-refractivity contribution in [2.45, 2.75) is 26.8 Å². The first-order chi connectivity index (χ1) is 15.6. The van der Waals surface area contributed by atoms with Crippen molar-refractivity contribution < 1.29 is 29.1 Å². The van der Waals surface area contributed by atoms with E-state index in [2.05, 4.69) is 20.9 Å². The average Bonchev–Trinajstić information content (AvgIpc) is 3.19. The first kappa shape index (κ1) is 24.7. The number of likely N-dealkylation sites (N-methyl/N-ethyl adjacent to an activating group) is 1. The number of esters is 1. The quantitative estimate of drug-likeness (QED) is 0.246. The molecule has 2 heterocycles. The van der Waals surface area contributed by atoms with E-state index >= 15 is 0 Å². The summed E-state index contributed by atoms with van der Waals surface area (Å²) in [5.41, 5.74) is 1.80. The lowest BCUT2D eigenvalue weighted by atomic mass is 9.94. The van der Waals surface area contributed by atoms with Crippen molar-refractivity contribution in [1.82, 2.24) is 9.88 Å². The summed E-state index contributed by atoms with van der Waals surface area (Å²) in [7, 11) is 3.91. The minimum Gasteiger partial charge on any atom is -0.872 e. The Morgan fingerprint density at radius 3 is 2.42 bits per heavy atom. The fraction of sp³-hybridized carbons (Fsp3) is 0.375. The number of ketones is 1. The third-order valence-corrected chi connectivity index (χ3v) is 6.24. The monoisotopic (exact) mass is 517 g/mol. The normalized spacial score (nSPS) is 17.8. The second-order valence-electron chi connectivity index (χ2n) is 8.33. The number of carbonyl (C=O) groups excluding carboxylic acids is 3. The van der Waals surface area contributed by atoms with Gasteiger partial charge in [0.15, 0.2) is 0 Å². The molecule has 33 heavy (non-hydrogen) atoms. The minimum absolute atomic E-state index is 0.100. The summed E-state index contributed by atoms with van der Waals surface area (Å²) in [6.45, 7) is 6.12. The second-order valence-corrected chi connectivity index (χ2v) is 9.24. The second kappa shape index (κ2) is 9.93.